The summed E-state index contributed by atoms with van der Waals surface area (Å²) in [6.07, 6.45) is 1.46. The van der Waals surface area contributed by atoms with Gasteiger partial charge in [-0.3, -0.25) is 19.7 Å². The van der Waals surface area contributed by atoms with Gasteiger partial charge in [0.05, 0.1) is 12.8 Å². The molecule has 4 amide bonds. The first-order valence-electron chi connectivity index (χ1n) is 8.05. The molecule has 0 fully saturated rings. The smallest absolute Gasteiger partial charge is 0.325 e. The molecule has 0 aliphatic heterocycles. The summed E-state index contributed by atoms with van der Waals surface area (Å²) in [6.45, 7) is 0.837. The van der Waals surface area contributed by atoms with Gasteiger partial charge < -0.3 is 19.8 Å². The third kappa shape index (κ3) is 6.65. The maximum atomic E-state index is 12.0. The van der Waals surface area contributed by atoms with Gasteiger partial charge >= 0.3 is 12.0 Å². The second-order valence-electron chi connectivity index (χ2n) is 5.47. The molecule has 0 spiro atoms. The van der Waals surface area contributed by atoms with E-state index in [0.29, 0.717) is 11.3 Å². The number of urea groups is 1. The maximum Gasteiger partial charge on any atom is 0.325 e. The number of esters is 1. The monoisotopic (exact) mass is 373 g/mol. The van der Waals surface area contributed by atoms with Gasteiger partial charge in [0.15, 0.2) is 6.61 Å². The Labute approximate surface area is 155 Å². The van der Waals surface area contributed by atoms with Gasteiger partial charge in [-0.15, -0.1) is 0 Å². The SMILES string of the molecule is Cc1ccccc1C(=O)NCC(=O)OCC(=O)NC(=O)NCc1ccco1. The molecule has 0 saturated carbocycles. The maximum absolute atomic E-state index is 12.0. The van der Waals surface area contributed by atoms with Gasteiger partial charge in [0.2, 0.25) is 0 Å². The molecule has 2 aromatic rings. The number of ether oxygens (including phenoxy) is 1. The van der Waals surface area contributed by atoms with Crippen LogP contribution < -0.4 is 16.0 Å². The molecule has 9 heteroatoms. The third-order valence-corrected chi connectivity index (χ3v) is 3.40. The first kappa shape index (κ1) is 19.7. The van der Waals surface area contributed by atoms with E-state index in [1.165, 1.54) is 6.26 Å². The van der Waals surface area contributed by atoms with Crippen molar-refractivity contribution in [2.24, 2.45) is 0 Å². The van der Waals surface area contributed by atoms with E-state index in [0.717, 1.165) is 5.56 Å². The molecule has 0 radical (unpaired) electrons. The number of rotatable bonds is 7. The molecule has 0 unspecified atom stereocenters. The van der Waals surface area contributed by atoms with Crippen LogP contribution >= 0.6 is 0 Å². The fourth-order valence-electron chi connectivity index (χ4n) is 2.06. The van der Waals surface area contributed by atoms with Crippen molar-refractivity contribution >= 4 is 23.8 Å². The molecule has 27 heavy (non-hydrogen) atoms. The van der Waals surface area contributed by atoms with Crippen LogP contribution in [0.3, 0.4) is 0 Å². The van der Waals surface area contributed by atoms with Crippen molar-refractivity contribution in [1.82, 2.24) is 16.0 Å². The lowest BCUT2D eigenvalue weighted by Gasteiger charge is -2.08. The quantitative estimate of drug-likeness (QED) is 0.619. The first-order valence-corrected chi connectivity index (χ1v) is 8.05. The molecule has 1 aromatic carbocycles. The van der Waals surface area contributed by atoms with E-state index in [-0.39, 0.29) is 6.54 Å². The zero-order valence-corrected chi connectivity index (χ0v) is 14.6. The van der Waals surface area contributed by atoms with Crippen LogP contribution in [0.4, 0.5) is 4.79 Å². The van der Waals surface area contributed by atoms with Gasteiger partial charge in [-0.1, -0.05) is 18.2 Å². The number of nitrogens with one attached hydrogen (secondary N) is 3. The third-order valence-electron chi connectivity index (χ3n) is 3.40. The van der Waals surface area contributed by atoms with Crippen molar-refractivity contribution in [1.29, 1.82) is 0 Å². The number of hydrogen-bond acceptors (Lipinski definition) is 6. The lowest BCUT2D eigenvalue weighted by atomic mass is 10.1. The number of furan rings is 1. The molecule has 0 atom stereocenters. The Hall–Kier alpha value is -3.62. The van der Waals surface area contributed by atoms with Gasteiger partial charge in [-0.05, 0) is 30.7 Å². The number of amides is 4. The summed E-state index contributed by atoms with van der Waals surface area (Å²) in [5.41, 5.74) is 1.21. The number of carbonyl (C=O) groups is 4. The van der Waals surface area contributed by atoms with Crippen LogP contribution in [0, 0.1) is 6.92 Å². The van der Waals surface area contributed by atoms with Crippen molar-refractivity contribution < 1.29 is 28.3 Å². The second-order valence-corrected chi connectivity index (χ2v) is 5.47. The Morgan fingerprint density at radius 3 is 2.52 bits per heavy atom. The van der Waals surface area contributed by atoms with Gasteiger partial charge in [-0.2, -0.15) is 0 Å². The van der Waals surface area contributed by atoms with Crippen molar-refractivity contribution in [3.05, 3.63) is 59.5 Å². The van der Waals surface area contributed by atoms with Gasteiger partial charge in [0, 0.05) is 5.56 Å². The van der Waals surface area contributed by atoms with E-state index >= 15 is 0 Å². The fraction of sp³-hybridized carbons (Fsp3) is 0.222. The summed E-state index contributed by atoms with van der Waals surface area (Å²) < 4.78 is 9.73. The fourth-order valence-corrected chi connectivity index (χ4v) is 2.06. The summed E-state index contributed by atoms with van der Waals surface area (Å²) in [5.74, 6) is -1.51. The van der Waals surface area contributed by atoms with Crippen molar-refractivity contribution in [3.63, 3.8) is 0 Å². The van der Waals surface area contributed by atoms with Crippen molar-refractivity contribution in [3.8, 4) is 0 Å². The van der Waals surface area contributed by atoms with Crippen LogP contribution in [-0.2, 0) is 20.9 Å². The molecule has 1 heterocycles. The zero-order chi connectivity index (χ0) is 19.6. The highest BCUT2D eigenvalue weighted by atomic mass is 16.5. The lowest BCUT2D eigenvalue weighted by Crippen LogP contribution is -2.41. The molecule has 0 bridgehead atoms. The Bertz CT molecular complexity index is 816. The largest absolute Gasteiger partial charge is 0.467 e. The number of benzene rings is 1. The molecule has 142 valence electrons. The minimum atomic E-state index is -0.803. The summed E-state index contributed by atoms with van der Waals surface area (Å²) in [6, 6.07) is 9.48. The lowest BCUT2D eigenvalue weighted by molar-refractivity contribution is -0.147. The topological polar surface area (TPSA) is 127 Å². The minimum absolute atomic E-state index is 0.108. The molecule has 0 saturated heterocycles. The van der Waals surface area contributed by atoms with Gasteiger partial charge in [0.25, 0.3) is 11.8 Å². The minimum Gasteiger partial charge on any atom is -0.467 e. The van der Waals surface area contributed by atoms with Crippen LogP contribution in [0.5, 0.6) is 0 Å². The molecule has 2 rings (SSSR count). The Morgan fingerprint density at radius 2 is 1.81 bits per heavy atom. The average molecular weight is 373 g/mol. The van der Waals surface area contributed by atoms with E-state index in [9.17, 15) is 19.2 Å². The molecular weight excluding hydrogens is 354 g/mol. The van der Waals surface area contributed by atoms with E-state index < -0.39 is 37.0 Å². The van der Waals surface area contributed by atoms with Crippen LogP contribution in [0.2, 0.25) is 0 Å². The van der Waals surface area contributed by atoms with Crippen LogP contribution in [0.25, 0.3) is 0 Å². The number of aryl methyl sites for hydroxylation is 1. The van der Waals surface area contributed by atoms with Crippen LogP contribution in [0.1, 0.15) is 21.7 Å². The molecular formula is C18H19N3O6. The summed E-state index contributed by atoms with van der Waals surface area (Å²) in [7, 11) is 0. The molecule has 0 aliphatic rings. The van der Waals surface area contributed by atoms with E-state index in [1.807, 2.05) is 5.32 Å². The van der Waals surface area contributed by atoms with Gasteiger partial charge in [0.1, 0.15) is 12.3 Å². The second kappa shape index (κ2) is 9.76. The Kier molecular flexibility index (Phi) is 7.12. The van der Waals surface area contributed by atoms with E-state index in [1.54, 1.807) is 43.3 Å². The Morgan fingerprint density at radius 1 is 1.04 bits per heavy atom. The number of hydrogen-bond donors (Lipinski definition) is 3. The van der Waals surface area contributed by atoms with E-state index in [2.05, 4.69) is 10.6 Å². The molecule has 9 nitrogen and oxygen atoms in total. The van der Waals surface area contributed by atoms with Gasteiger partial charge in [-0.25, -0.2) is 4.79 Å². The first-order chi connectivity index (χ1) is 13.0. The highest BCUT2D eigenvalue weighted by Gasteiger charge is 2.13. The highest BCUT2D eigenvalue weighted by molar-refractivity contribution is 5.98. The predicted molar refractivity (Wildman–Crippen MR) is 93.6 cm³/mol. The van der Waals surface area contributed by atoms with Crippen LogP contribution in [0.15, 0.2) is 47.1 Å². The Balaban J connectivity index is 1.64. The average Bonchev–Trinajstić information content (AvgIpc) is 3.17. The normalized spacial score (nSPS) is 9.96. The summed E-state index contributed by atoms with van der Waals surface area (Å²) in [4.78, 5) is 46.6. The van der Waals surface area contributed by atoms with Crippen molar-refractivity contribution in [2.75, 3.05) is 13.2 Å². The molecule has 3 N–H and O–H groups in total. The van der Waals surface area contributed by atoms with E-state index in [4.69, 9.17) is 9.15 Å². The van der Waals surface area contributed by atoms with Crippen molar-refractivity contribution in [2.45, 2.75) is 13.5 Å². The highest BCUT2D eigenvalue weighted by Crippen LogP contribution is 2.06. The summed E-state index contributed by atoms with van der Waals surface area (Å²) >= 11 is 0. The molecule has 0 aliphatic carbocycles. The zero-order valence-electron chi connectivity index (χ0n) is 14.6. The number of imide groups is 1. The number of carbonyl (C=O) groups excluding carboxylic acids is 4. The van der Waals surface area contributed by atoms with Crippen LogP contribution in [-0.4, -0.2) is 37.0 Å². The summed E-state index contributed by atoms with van der Waals surface area (Å²) in [5, 5.41) is 6.81. The standard InChI is InChI=1S/C18H19N3O6/c1-12-5-2-3-7-14(12)17(24)19-10-16(23)27-11-15(22)21-18(25)20-9-13-6-4-8-26-13/h2-8H,9-11H2,1H3,(H,19,24)(H2,20,21,22,25). The molecule has 1 aromatic heterocycles. The predicted octanol–water partition coefficient (Wildman–Crippen LogP) is 0.887.